The summed E-state index contributed by atoms with van der Waals surface area (Å²) in [5.41, 5.74) is -0.00256. The first-order chi connectivity index (χ1) is 10.1. The monoisotopic (exact) mass is 299 g/mol. The van der Waals surface area contributed by atoms with Crippen molar-refractivity contribution >= 4 is 28.3 Å². The second kappa shape index (κ2) is 5.42. The molecule has 0 fully saturated rings. The van der Waals surface area contributed by atoms with Gasteiger partial charge >= 0.3 is 5.97 Å². The molecule has 0 spiro atoms. The smallest absolute Gasteiger partial charge is 0.339 e. The van der Waals surface area contributed by atoms with Gasteiger partial charge in [0.15, 0.2) is 0 Å². The van der Waals surface area contributed by atoms with Gasteiger partial charge in [-0.25, -0.2) is 9.78 Å². The average Bonchev–Trinajstić information content (AvgIpc) is 2.49. The number of benzene rings is 2. The molecule has 0 atom stereocenters. The number of rotatable bonds is 3. The van der Waals surface area contributed by atoms with Crippen molar-refractivity contribution in [1.82, 2.24) is 4.98 Å². The molecule has 0 bridgehead atoms. The van der Waals surface area contributed by atoms with Crippen molar-refractivity contribution in [3.63, 3.8) is 0 Å². The number of nitrogens with zero attached hydrogens (tertiary/aromatic N) is 1. The molecule has 0 unspecified atom stereocenters. The van der Waals surface area contributed by atoms with Crippen molar-refractivity contribution in [2.24, 2.45) is 0 Å². The molecule has 4 nitrogen and oxygen atoms in total. The topological polar surface area (TPSA) is 59.4 Å². The van der Waals surface area contributed by atoms with Crippen LogP contribution >= 0.6 is 11.6 Å². The molecule has 0 saturated heterocycles. The van der Waals surface area contributed by atoms with Crippen LogP contribution in [-0.2, 0) is 0 Å². The van der Waals surface area contributed by atoms with Crippen LogP contribution in [0.15, 0.2) is 54.7 Å². The highest BCUT2D eigenvalue weighted by Gasteiger charge is 2.14. The second-order valence-corrected chi connectivity index (χ2v) is 4.82. The molecule has 3 rings (SSSR count). The summed E-state index contributed by atoms with van der Waals surface area (Å²) < 4.78 is 5.69. The minimum atomic E-state index is -1.10. The third kappa shape index (κ3) is 2.66. The van der Waals surface area contributed by atoms with Crippen LogP contribution < -0.4 is 4.74 Å². The van der Waals surface area contributed by atoms with Gasteiger partial charge in [0.1, 0.15) is 11.3 Å². The molecular formula is C16H10ClNO3. The average molecular weight is 300 g/mol. The Hall–Kier alpha value is -2.59. The minimum Gasteiger partial charge on any atom is -0.478 e. The van der Waals surface area contributed by atoms with Crippen molar-refractivity contribution in [3.05, 3.63) is 65.3 Å². The molecule has 21 heavy (non-hydrogen) atoms. The van der Waals surface area contributed by atoms with Crippen LogP contribution in [0, 0.1) is 0 Å². The Kier molecular flexibility index (Phi) is 3.46. The molecule has 0 aliphatic heterocycles. The maximum Gasteiger partial charge on any atom is 0.339 e. The van der Waals surface area contributed by atoms with E-state index in [4.69, 9.17) is 16.3 Å². The van der Waals surface area contributed by atoms with Gasteiger partial charge in [-0.2, -0.15) is 0 Å². The van der Waals surface area contributed by atoms with Gasteiger partial charge in [-0.1, -0.05) is 29.8 Å². The van der Waals surface area contributed by atoms with Crippen molar-refractivity contribution in [2.45, 2.75) is 0 Å². The Morgan fingerprint density at radius 2 is 1.95 bits per heavy atom. The number of carboxylic acid groups (broad SMARTS) is 1. The number of hydrogen-bond acceptors (Lipinski definition) is 3. The molecule has 0 amide bonds. The van der Waals surface area contributed by atoms with E-state index in [1.165, 1.54) is 12.1 Å². The normalized spacial score (nSPS) is 10.5. The molecule has 0 radical (unpaired) electrons. The number of hydrogen-bond donors (Lipinski definition) is 1. The van der Waals surface area contributed by atoms with E-state index >= 15 is 0 Å². The fraction of sp³-hybridized carbons (Fsp3) is 0. The van der Waals surface area contributed by atoms with Gasteiger partial charge in [0.05, 0.1) is 0 Å². The summed E-state index contributed by atoms with van der Waals surface area (Å²) in [6.45, 7) is 0. The number of pyridine rings is 1. The summed E-state index contributed by atoms with van der Waals surface area (Å²) in [5, 5.41) is 11.3. The molecule has 1 heterocycles. The highest BCUT2D eigenvalue weighted by molar-refractivity contribution is 6.31. The van der Waals surface area contributed by atoms with Crippen LogP contribution in [0.2, 0.25) is 5.02 Å². The Morgan fingerprint density at radius 3 is 2.76 bits per heavy atom. The highest BCUT2D eigenvalue weighted by atomic mass is 35.5. The van der Waals surface area contributed by atoms with Gasteiger partial charge < -0.3 is 9.84 Å². The summed E-state index contributed by atoms with van der Waals surface area (Å²) >= 11 is 5.82. The number of carbonyl (C=O) groups is 1. The Balaban J connectivity index is 2.09. The molecule has 0 aliphatic rings. The van der Waals surface area contributed by atoms with Crippen molar-refractivity contribution in [3.8, 4) is 11.6 Å². The third-order valence-electron chi connectivity index (χ3n) is 3.02. The first-order valence-electron chi connectivity index (χ1n) is 6.19. The number of aromatic carboxylic acids is 1. The fourth-order valence-corrected chi connectivity index (χ4v) is 2.21. The lowest BCUT2D eigenvalue weighted by Crippen LogP contribution is -2.00. The summed E-state index contributed by atoms with van der Waals surface area (Å²) in [7, 11) is 0. The number of fused-ring (bicyclic) bond motifs is 1. The number of carboxylic acids is 1. The van der Waals surface area contributed by atoms with E-state index in [0.717, 1.165) is 10.8 Å². The molecule has 3 aromatic rings. The molecule has 104 valence electrons. The minimum absolute atomic E-state index is 0.00256. The zero-order chi connectivity index (χ0) is 14.8. The van der Waals surface area contributed by atoms with Crippen LogP contribution in [0.4, 0.5) is 0 Å². The van der Waals surface area contributed by atoms with E-state index in [9.17, 15) is 9.90 Å². The lowest BCUT2D eigenvalue weighted by atomic mass is 10.1. The summed E-state index contributed by atoms with van der Waals surface area (Å²) in [6, 6.07) is 13.9. The first kappa shape index (κ1) is 13.4. The van der Waals surface area contributed by atoms with Crippen molar-refractivity contribution in [1.29, 1.82) is 0 Å². The predicted molar refractivity (Wildman–Crippen MR) is 80.2 cm³/mol. The molecule has 1 N–H and O–H groups in total. The van der Waals surface area contributed by atoms with Gasteiger partial charge in [-0.15, -0.1) is 0 Å². The van der Waals surface area contributed by atoms with E-state index in [-0.39, 0.29) is 11.3 Å². The molecule has 2 aromatic carbocycles. The highest BCUT2D eigenvalue weighted by Crippen LogP contribution is 2.31. The van der Waals surface area contributed by atoms with Gasteiger partial charge in [-0.05, 0) is 35.7 Å². The van der Waals surface area contributed by atoms with Crippen LogP contribution in [0.5, 0.6) is 11.6 Å². The molecule has 5 heteroatoms. The SMILES string of the molecule is O=C(O)c1cc(Cl)ccc1Oc1nccc2ccccc12. The van der Waals surface area contributed by atoms with Crippen molar-refractivity contribution in [2.75, 3.05) is 0 Å². The van der Waals surface area contributed by atoms with Gasteiger partial charge in [0.25, 0.3) is 0 Å². The van der Waals surface area contributed by atoms with E-state index in [2.05, 4.69) is 4.98 Å². The Morgan fingerprint density at radius 1 is 1.14 bits per heavy atom. The number of ether oxygens (including phenoxy) is 1. The number of halogens is 1. The zero-order valence-electron chi connectivity index (χ0n) is 10.8. The maximum absolute atomic E-state index is 11.3. The zero-order valence-corrected chi connectivity index (χ0v) is 11.5. The second-order valence-electron chi connectivity index (χ2n) is 4.38. The van der Waals surface area contributed by atoms with E-state index in [1.54, 1.807) is 12.3 Å². The Labute approximate surface area is 125 Å². The summed E-state index contributed by atoms with van der Waals surface area (Å²) in [5.74, 6) is -0.540. The first-order valence-corrected chi connectivity index (χ1v) is 6.57. The van der Waals surface area contributed by atoms with E-state index < -0.39 is 5.97 Å². The van der Waals surface area contributed by atoms with Gasteiger partial charge in [-0.3, -0.25) is 0 Å². The lowest BCUT2D eigenvalue weighted by molar-refractivity contribution is 0.0694. The van der Waals surface area contributed by atoms with Crippen LogP contribution in [0.1, 0.15) is 10.4 Å². The lowest BCUT2D eigenvalue weighted by Gasteiger charge is -2.10. The fourth-order valence-electron chi connectivity index (χ4n) is 2.04. The molecule has 1 aromatic heterocycles. The molecular weight excluding hydrogens is 290 g/mol. The standard InChI is InChI=1S/C16H10ClNO3/c17-11-5-6-14(13(9-11)16(19)20)21-15-12-4-2-1-3-10(12)7-8-18-15/h1-9H,(H,19,20). The quantitative estimate of drug-likeness (QED) is 0.779. The number of aromatic nitrogens is 1. The van der Waals surface area contributed by atoms with E-state index in [1.807, 2.05) is 30.3 Å². The summed E-state index contributed by atoms with van der Waals surface area (Å²) in [4.78, 5) is 15.4. The van der Waals surface area contributed by atoms with Crippen LogP contribution in [0.3, 0.4) is 0 Å². The van der Waals surface area contributed by atoms with Crippen LogP contribution in [0.25, 0.3) is 10.8 Å². The van der Waals surface area contributed by atoms with Crippen molar-refractivity contribution < 1.29 is 14.6 Å². The van der Waals surface area contributed by atoms with Gasteiger partial charge in [0.2, 0.25) is 5.88 Å². The van der Waals surface area contributed by atoms with Gasteiger partial charge in [0, 0.05) is 16.6 Å². The summed E-state index contributed by atoms with van der Waals surface area (Å²) in [6.07, 6.45) is 1.62. The predicted octanol–water partition coefficient (Wildman–Crippen LogP) is 4.38. The Bertz CT molecular complexity index is 827. The van der Waals surface area contributed by atoms with E-state index in [0.29, 0.717) is 10.9 Å². The van der Waals surface area contributed by atoms with Crippen LogP contribution in [-0.4, -0.2) is 16.1 Å². The maximum atomic E-state index is 11.3. The largest absolute Gasteiger partial charge is 0.478 e. The molecule has 0 aliphatic carbocycles. The molecule has 0 saturated carbocycles. The third-order valence-corrected chi connectivity index (χ3v) is 3.25.